The molecule has 1 unspecified atom stereocenters. The van der Waals surface area contributed by atoms with Gasteiger partial charge in [0.2, 0.25) is 0 Å². The first-order valence-corrected chi connectivity index (χ1v) is 11.8. The van der Waals surface area contributed by atoms with Gasteiger partial charge in [0.15, 0.2) is 5.69 Å². The van der Waals surface area contributed by atoms with Crippen LogP contribution in [-0.4, -0.2) is 47.8 Å². The molecule has 0 aliphatic carbocycles. The lowest BCUT2D eigenvalue weighted by Gasteiger charge is -2.13. The number of pyridine rings is 1. The van der Waals surface area contributed by atoms with Crippen molar-refractivity contribution in [3.05, 3.63) is 53.9 Å². The maximum absolute atomic E-state index is 13.0. The number of amides is 1. The molecule has 0 bridgehead atoms. The van der Waals surface area contributed by atoms with Crippen LogP contribution in [0.1, 0.15) is 42.7 Å². The summed E-state index contributed by atoms with van der Waals surface area (Å²) >= 11 is 0. The zero-order chi connectivity index (χ0) is 24.1. The van der Waals surface area contributed by atoms with E-state index in [2.05, 4.69) is 29.5 Å². The number of ether oxygens (including phenoxy) is 2. The van der Waals surface area contributed by atoms with Crippen molar-refractivity contribution >= 4 is 34.3 Å². The van der Waals surface area contributed by atoms with Gasteiger partial charge in [-0.2, -0.15) is 0 Å². The molecule has 8 nitrogen and oxygen atoms in total. The standard InChI is InChI=1S/C26H32N4O4/c1-17(2)15-27-19-14-20-22(29-25(31)21-10-7-13-34-21)23(26(32)33-3)30(24(20)28-16-19)12-11-18-8-5-4-6-9-18/h4-6,8-9,14,16-17,21,27H,7,10-13,15H2,1-3H3,(H,29,31). The number of carbonyl (C=O) groups excluding carboxylic acids is 2. The molecule has 1 aliphatic rings. The third kappa shape index (κ3) is 5.22. The molecule has 1 saturated heterocycles. The van der Waals surface area contributed by atoms with Crippen LogP contribution < -0.4 is 10.6 Å². The minimum absolute atomic E-state index is 0.259. The minimum atomic E-state index is -0.525. The van der Waals surface area contributed by atoms with Gasteiger partial charge in [0.25, 0.3) is 5.91 Å². The lowest BCUT2D eigenvalue weighted by molar-refractivity contribution is -0.124. The van der Waals surface area contributed by atoms with Crippen molar-refractivity contribution in [2.24, 2.45) is 5.92 Å². The van der Waals surface area contributed by atoms with E-state index < -0.39 is 12.1 Å². The Balaban J connectivity index is 1.78. The highest BCUT2D eigenvalue weighted by molar-refractivity contribution is 6.12. The van der Waals surface area contributed by atoms with Crippen LogP contribution in [0, 0.1) is 5.92 Å². The summed E-state index contributed by atoms with van der Waals surface area (Å²) in [6.07, 6.45) is 3.43. The average Bonchev–Trinajstić information content (AvgIpc) is 3.49. The van der Waals surface area contributed by atoms with Gasteiger partial charge in [-0.05, 0) is 36.8 Å². The minimum Gasteiger partial charge on any atom is -0.464 e. The predicted molar refractivity (Wildman–Crippen MR) is 132 cm³/mol. The van der Waals surface area contributed by atoms with E-state index in [0.717, 1.165) is 24.2 Å². The van der Waals surface area contributed by atoms with Crippen LogP contribution in [0.2, 0.25) is 0 Å². The van der Waals surface area contributed by atoms with Crippen molar-refractivity contribution < 1.29 is 19.1 Å². The predicted octanol–water partition coefficient (Wildman–Crippen LogP) is 4.25. The molecule has 1 fully saturated rings. The van der Waals surface area contributed by atoms with Gasteiger partial charge in [-0.1, -0.05) is 44.2 Å². The van der Waals surface area contributed by atoms with Gasteiger partial charge in [0, 0.05) is 25.1 Å². The Labute approximate surface area is 199 Å². The number of esters is 1. The number of hydrogen-bond donors (Lipinski definition) is 2. The lowest BCUT2D eigenvalue weighted by Crippen LogP contribution is -2.28. The molecule has 3 aromatic rings. The molecule has 2 aromatic heterocycles. The van der Waals surface area contributed by atoms with Crippen LogP contribution >= 0.6 is 0 Å². The van der Waals surface area contributed by atoms with Crippen molar-refractivity contribution in [3.8, 4) is 0 Å². The van der Waals surface area contributed by atoms with Crippen molar-refractivity contribution in [1.29, 1.82) is 0 Å². The number of nitrogens with one attached hydrogen (secondary N) is 2. The molecule has 3 heterocycles. The van der Waals surface area contributed by atoms with Gasteiger partial charge >= 0.3 is 5.97 Å². The molecule has 2 N–H and O–H groups in total. The maximum Gasteiger partial charge on any atom is 0.356 e. The van der Waals surface area contributed by atoms with Crippen molar-refractivity contribution in [2.45, 2.75) is 45.8 Å². The maximum atomic E-state index is 13.0. The summed E-state index contributed by atoms with van der Waals surface area (Å²) in [6, 6.07) is 12.0. The molecular weight excluding hydrogens is 432 g/mol. The fourth-order valence-electron chi connectivity index (χ4n) is 4.17. The second-order valence-corrected chi connectivity index (χ2v) is 8.96. The first kappa shape index (κ1) is 23.8. The Morgan fingerprint density at radius 2 is 2.06 bits per heavy atom. The number of aryl methyl sites for hydroxylation is 2. The van der Waals surface area contributed by atoms with Crippen molar-refractivity contribution in [2.75, 3.05) is 30.9 Å². The Bertz CT molecular complexity index is 1150. The van der Waals surface area contributed by atoms with E-state index in [0.29, 0.717) is 48.6 Å². The Morgan fingerprint density at radius 3 is 2.74 bits per heavy atom. The third-order valence-electron chi connectivity index (χ3n) is 5.93. The van der Waals surface area contributed by atoms with Crippen LogP contribution in [0.4, 0.5) is 11.4 Å². The smallest absolute Gasteiger partial charge is 0.356 e. The molecule has 8 heteroatoms. The third-order valence-corrected chi connectivity index (χ3v) is 5.93. The van der Waals surface area contributed by atoms with Gasteiger partial charge in [-0.15, -0.1) is 0 Å². The highest BCUT2D eigenvalue weighted by atomic mass is 16.5. The van der Waals surface area contributed by atoms with Gasteiger partial charge in [0.1, 0.15) is 11.8 Å². The van der Waals surface area contributed by atoms with Gasteiger partial charge in [0.05, 0.1) is 24.7 Å². The van der Waals surface area contributed by atoms with Crippen molar-refractivity contribution in [3.63, 3.8) is 0 Å². The number of anilines is 2. The SMILES string of the molecule is COC(=O)c1c(NC(=O)C2CCCO2)c2cc(NCC(C)C)cnc2n1CCc1ccccc1. The Kier molecular flexibility index (Phi) is 7.47. The largest absolute Gasteiger partial charge is 0.464 e. The lowest BCUT2D eigenvalue weighted by atomic mass is 10.1. The van der Waals surface area contributed by atoms with Gasteiger partial charge in [-0.3, -0.25) is 4.79 Å². The molecule has 0 spiro atoms. The summed E-state index contributed by atoms with van der Waals surface area (Å²) in [6.45, 7) is 6.10. The molecule has 0 radical (unpaired) electrons. The van der Waals surface area contributed by atoms with E-state index in [9.17, 15) is 9.59 Å². The molecular formula is C26H32N4O4. The summed E-state index contributed by atoms with van der Waals surface area (Å²) in [4.78, 5) is 30.6. The van der Waals surface area contributed by atoms with E-state index in [1.54, 1.807) is 6.20 Å². The van der Waals surface area contributed by atoms with E-state index in [4.69, 9.17) is 9.47 Å². The zero-order valence-corrected chi connectivity index (χ0v) is 20.0. The number of nitrogens with zero attached hydrogens (tertiary/aromatic N) is 2. The van der Waals surface area contributed by atoms with E-state index >= 15 is 0 Å². The zero-order valence-electron chi connectivity index (χ0n) is 20.0. The van der Waals surface area contributed by atoms with E-state index in [1.165, 1.54) is 7.11 Å². The number of fused-ring (bicyclic) bond motifs is 1. The fraction of sp³-hybridized carbons (Fsp3) is 0.423. The molecule has 1 atom stereocenters. The fourth-order valence-corrected chi connectivity index (χ4v) is 4.17. The van der Waals surface area contributed by atoms with Crippen LogP contribution in [0.25, 0.3) is 11.0 Å². The summed E-state index contributed by atoms with van der Waals surface area (Å²) in [5.41, 5.74) is 3.28. The number of hydrogen-bond acceptors (Lipinski definition) is 6. The second kappa shape index (κ2) is 10.7. The summed E-state index contributed by atoms with van der Waals surface area (Å²) in [5.74, 6) is -0.328. The van der Waals surface area contributed by atoms with Crippen LogP contribution in [-0.2, 0) is 27.2 Å². The monoisotopic (exact) mass is 464 g/mol. The second-order valence-electron chi connectivity index (χ2n) is 8.96. The first-order valence-electron chi connectivity index (χ1n) is 11.8. The number of rotatable bonds is 9. The quantitative estimate of drug-likeness (QED) is 0.460. The molecule has 1 aliphatic heterocycles. The number of aromatic nitrogens is 2. The summed E-state index contributed by atoms with van der Waals surface area (Å²) in [5, 5.41) is 7.03. The van der Waals surface area contributed by atoms with E-state index in [1.807, 2.05) is 41.0 Å². The number of benzene rings is 1. The van der Waals surface area contributed by atoms with Crippen LogP contribution in [0.15, 0.2) is 42.6 Å². The van der Waals surface area contributed by atoms with E-state index in [-0.39, 0.29) is 11.6 Å². The Morgan fingerprint density at radius 1 is 1.26 bits per heavy atom. The highest BCUT2D eigenvalue weighted by Gasteiger charge is 2.30. The average molecular weight is 465 g/mol. The topological polar surface area (TPSA) is 94.5 Å². The first-order chi connectivity index (χ1) is 16.5. The molecule has 1 amide bonds. The molecule has 4 rings (SSSR count). The van der Waals surface area contributed by atoms with Gasteiger partial charge in [-0.25, -0.2) is 9.78 Å². The molecule has 0 saturated carbocycles. The summed E-state index contributed by atoms with van der Waals surface area (Å²) < 4.78 is 12.5. The van der Waals surface area contributed by atoms with Crippen LogP contribution in [0.5, 0.6) is 0 Å². The molecule has 34 heavy (non-hydrogen) atoms. The Hall–Kier alpha value is -3.39. The summed E-state index contributed by atoms with van der Waals surface area (Å²) in [7, 11) is 1.34. The number of carbonyl (C=O) groups is 2. The number of methoxy groups -OCH3 is 1. The normalized spacial score (nSPS) is 15.6. The van der Waals surface area contributed by atoms with Crippen molar-refractivity contribution in [1.82, 2.24) is 9.55 Å². The van der Waals surface area contributed by atoms with Crippen LogP contribution in [0.3, 0.4) is 0 Å². The molecule has 1 aromatic carbocycles. The van der Waals surface area contributed by atoms with Gasteiger partial charge < -0.3 is 24.7 Å². The highest BCUT2D eigenvalue weighted by Crippen LogP contribution is 2.33. The molecule has 180 valence electrons.